The Kier molecular flexibility index (Phi) is 3.63. The number of methoxy groups -OCH3 is 1. The molecule has 1 rings (SSSR count). The number of hydrogen-bond acceptors (Lipinski definition) is 5. The maximum atomic E-state index is 9.53. The molecule has 1 heterocycles. The van der Waals surface area contributed by atoms with E-state index in [1.165, 1.54) is 7.11 Å². The third-order valence-electron chi connectivity index (χ3n) is 2.48. The summed E-state index contributed by atoms with van der Waals surface area (Å²) in [5, 5.41) is 27.9. The van der Waals surface area contributed by atoms with Crippen LogP contribution >= 0.6 is 0 Å². The van der Waals surface area contributed by atoms with E-state index in [0.29, 0.717) is 0 Å². The van der Waals surface area contributed by atoms with Crippen LogP contribution in [-0.4, -0.2) is 53.6 Å². The molecular weight excluding hydrogens is 176 g/mol. The van der Waals surface area contributed by atoms with Crippen LogP contribution in [0.4, 0.5) is 0 Å². The molecular formula is C8H16O5. The van der Waals surface area contributed by atoms with Crippen molar-refractivity contribution in [2.75, 3.05) is 13.7 Å². The summed E-state index contributed by atoms with van der Waals surface area (Å²) in [5.41, 5.74) is 0. The Morgan fingerprint density at radius 1 is 1.31 bits per heavy atom. The average molecular weight is 192 g/mol. The predicted molar refractivity (Wildman–Crippen MR) is 43.9 cm³/mol. The zero-order valence-corrected chi connectivity index (χ0v) is 7.75. The molecule has 0 bridgehead atoms. The van der Waals surface area contributed by atoms with Crippen molar-refractivity contribution >= 4 is 0 Å². The van der Waals surface area contributed by atoms with E-state index in [2.05, 4.69) is 0 Å². The molecule has 5 nitrogen and oxygen atoms in total. The molecule has 0 aromatic carbocycles. The van der Waals surface area contributed by atoms with Gasteiger partial charge < -0.3 is 24.8 Å². The highest BCUT2D eigenvalue weighted by Crippen LogP contribution is 2.25. The minimum atomic E-state index is -1.05. The highest BCUT2D eigenvalue weighted by atomic mass is 16.7. The van der Waals surface area contributed by atoms with Crippen molar-refractivity contribution in [1.29, 1.82) is 0 Å². The maximum Gasteiger partial charge on any atom is 0.186 e. The van der Waals surface area contributed by atoms with E-state index in [4.69, 9.17) is 14.6 Å². The van der Waals surface area contributed by atoms with Gasteiger partial charge in [-0.05, 0) is 0 Å². The largest absolute Gasteiger partial charge is 0.394 e. The van der Waals surface area contributed by atoms with Crippen LogP contribution in [0.15, 0.2) is 0 Å². The van der Waals surface area contributed by atoms with Crippen LogP contribution in [0.3, 0.4) is 0 Å². The number of aliphatic hydroxyl groups is 3. The molecule has 1 fully saturated rings. The van der Waals surface area contributed by atoms with E-state index < -0.39 is 24.6 Å². The molecule has 3 N–H and O–H groups in total. The van der Waals surface area contributed by atoms with Crippen molar-refractivity contribution < 1.29 is 24.8 Å². The van der Waals surface area contributed by atoms with E-state index in [1.807, 2.05) is 0 Å². The SMILES string of the molecule is COC1OC(CO)[C@@H](C)[C@@H](O)[C@@H]1O. The summed E-state index contributed by atoms with van der Waals surface area (Å²) in [6, 6.07) is 0. The smallest absolute Gasteiger partial charge is 0.186 e. The summed E-state index contributed by atoms with van der Waals surface area (Å²) in [6.07, 6.45) is -3.31. The normalized spacial score (nSPS) is 46.4. The lowest BCUT2D eigenvalue weighted by Crippen LogP contribution is -2.55. The van der Waals surface area contributed by atoms with Crippen molar-refractivity contribution in [3.63, 3.8) is 0 Å². The number of rotatable bonds is 2. The molecule has 0 saturated carbocycles. The van der Waals surface area contributed by atoms with Gasteiger partial charge in [0, 0.05) is 13.0 Å². The van der Waals surface area contributed by atoms with E-state index in [1.54, 1.807) is 6.92 Å². The van der Waals surface area contributed by atoms with Crippen LogP contribution in [0.25, 0.3) is 0 Å². The van der Waals surface area contributed by atoms with Gasteiger partial charge in [0.05, 0.1) is 18.8 Å². The Morgan fingerprint density at radius 2 is 1.92 bits per heavy atom. The van der Waals surface area contributed by atoms with Crippen molar-refractivity contribution in [3.8, 4) is 0 Å². The Bertz CT molecular complexity index is 143. The lowest BCUT2D eigenvalue weighted by molar-refractivity contribution is -0.280. The second-order valence-electron chi connectivity index (χ2n) is 3.30. The lowest BCUT2D eigenvalue weighted by Gasteiger charge is -2.40. The Labute approximate surface area is 76.9 Å². The molecule has 1 saturated heterocycles. The molecule has 2 unspecified atom stereocenters. The molecule has 1 aliphatic heterocycles. The molecule has 0 aromatic heterocycles. The maximum absolute atomic E-state index is 9.53. The van der Waals surface area contributed by atoms with Crippen molar-refractivity contribution in [2.24, 2.45) is 5.92 Å². The highest BCUT2D eigenvalue weighted by molar-refractivity contribution is 4.86. The summed E-state index contributed by atoms with van der Waals surface area (Å²) in [5.74, 6) is -0.300. The molecule has 5 heteroatoms. The molecule has 78 valence electrons. The fourth-order valence-corrected chi connectivity index (χ4v) is 1.47. The van der Waals surface area contributed by atoms with Crippen molar-refractivity contribution in [1.82, 2.24) is 0 Å². The summed E-state index contributed by atoms with van der Waals surface area (Å²) >= 11 is 0. The molecule has 1 aliphatic rings. The van der Waals surface area contributed by atoms with Gasteiger partial charge >= 0.3 is 0 Å². The molecule has 13 heavy (non-hydrogen) atoms. The third-order valence-corrected chi connectivity index (χ3v) is 2.48. The van der Waals surface area contributed by atoms with Crippen molar-refractivity contribution in [2.45, 2.75) is 31.5 Å². The average Bonchev–Trinajstić information content (AvgIpc) is 2.15. The zero-order valence-electron chi connectivity index (χ0n) is 7.75. The van der Waals surface area contributed by atoms with Gasteiger partial charge in [-0.2, -0.15) is 0 Å². The number of ether oxygens (including phenoxy) is 2. The summed E-state index contributed by atoms with van der Waals surface area (Å²) in [6.45, 7) is 1.52. The first-order valence-corrected chi connectivity index (χ1v) is 4.27. The molecule has 0 aliphatic carbocycles. The van der Waals surface area contributed by atoms with Crippen LogP contribution in [0.1, 0.15) is 6.92 Å². The topological polar surface area (TPSA) is 79.2 Å². The van der Waals surface area contributed by atoms with Gasteiger partial charge in [0.15, 0.2) is 6.29 Å². The molecule has 5 atom stereocenters. The minimum absolute atomic E-state index is 0.190. The summed E-state index contributed by atoms with van der Waals surface area (Å²) < 4.78 is 10.0. The molecule has 0 amide bonds. The van der Waals surface area contributed by atoms with Crippen LogP contribution in [0.2, 0.25) is 0 Å². The highest BCUT2D eigenvalue weighted by Gasteiger charge is 2.41. The van der Waals surface area contributed by atoms with E-state index >= 15 is 0 Å². The summed E-state index contributed by atoms with van der Waals surface area (Å²) in [7, 11) is 1.38. The van der Waals surface area contributed by atoms with Gasteiger partial charge in [-0.25, -0.2) is 0 Å². The fourth-order valence-electron chi connectivity index (χ4n) is 1.47. The standard InChI is InChI=1S/C8H16O5/c1-4-5(3-9)13-8(12-2)7(11)6(4)10/h4-11H,3H2,1-2H3/t4-,5?,6-,7+,8?/m1/s1. The Balaban J connectivity index is 2.66. The molecule has 0 spiro atoms. The number of aliphatic hydroxyl groups excluding tert-OH is 3. The first-order chi connectivity index (χ1) is 6.11. The van der Waals surface area contributed by atoms with E-state index in [-0.39, 0.29) is 12.5 Å². The second kappa shape index (κ2) is 4.34. The van der Waals surface area contributed by atoms with Crippen LogP contribution in [0.5, 0.6) is 0 Å². The predicted octanol–water partition coefficient (Wildman–Crippen LogP) is -1.29. The second-order valence-corrected chi connectivity index (χ2v) is 3.30. The van der Waals surface area contributed by atoms with E-state index in [9.17, 15) is 10.2 Å². The van der Waals surface area contributed by atoms with Gasteiger partial charge in [0.2, 0.25) is 0 Å². The summed E-state index contributed by atoms with van der Waals surface area (Å²) in [4.78, 5) is 0. The van der Waals surface area contributed by atoms with Gasteiger partial charge in [-0.3, -0.25) is 0 Å². The van der Waals surface area contributed by atoms with E-state index in [0.717, 1.165) is 0 Å². The van der Waals surface area contributed by atoms with Crippen molar-refractivity contribution in [3.05, 3.63) is 0 Å². The van der Waals surface area contributed by atoms with Crippen LogP contribution < -0.4 is 0 Å². The quantitative estimate of drug-likeness (QED) is 0.507. The minimum Gasteiger partial charge on any atom is -0.394 e. The monoisotopic (exact) mass is 192 g/mol. The number of hydrogen-bond donors (Lipinski definition) is 3. The lowest BCUT2D eigenvalue weighted by atomic mass is 9.91. The first-order valence-electron chi connectivity index (χ1n) is 4.27. The van der Waals surface area contributed by atoms with Gasteiger partial charge in [0.1, 0.15) is 6.10 Å². The van der Waals surface area contributed by atoms with Gasteiger partial charge in [0.25, 0.3) is 0 Å². The molecule has 0 radical (unpaired) electrons. The van der Waals surface area contributed by atoms with Gasteiger partial charge in [-0.15, -0.1) is 0 Å². The molecule has 0 aromatic rings. The van der Waals surface area contributed by atoms with Crippen LogP contribution in [-0.2, 0) is 9.47 Å². The fraction of sp³-hybridized carbons (Fsp3) is 1.00. The van der Waals surface area contributed by atoms with Gasteiger partial charge in [-0.1, -0.05) is 6.92 Å². The zero-order chi connectivity index (χ0) is 10.0. The third kappa shape index (κ3) is 2.00. The van der Waals surface area contributed by atoms with Crippen LogP contribution in [0, 0.1) is 5.92 Å². The first kappa shape index (κ1) is 10.9. The Morgan fingerprint density at radius 3 is 2.38 bits per heavy atom. The Hall–Kier alpha value is -0.200.